The van der Waals surface area contributed by atoms with Gasteiger partial charge in [0.2, 0.25) is 5.56 Å². The van der Waals surface area contributed by atoms with Crippen LogP contribution in [0, 0.1) is 0 Å². The van der Waals surface area contributed by atoms with Gasteiger partial charge in [-0.2, -0.15) is 0 Å². The van der Waals surface area contributed by atoms with Crippen LogP contribution in [0.25, 0.3) is 0 Å². The summed E-state index contributed by atoms with van der Waals surface area (Å²) >= 11 is 0. The highest BCUT2D eigenvalue weighted by molar-refractivity contribution is 5.93. The minimum atomic E-state index is -0.186. The van der Waals surface area contributed by atoms with E-state index < -0.39 is 0 Å². The average molecular weight is 292 g/mol. The molecule has 6 nitrogen and oxygen atoms in total. The van der Waals surface area contributed by atoms with Gasteiger partial charge in [0.05, 0.1) is 5.56 Å². The van der Waals surface area contributed by atoms with Crippen LogP contribution in [-0.4, -0.2) is 60.0 Å². The molecule has 6 heteroatoms. The maximum Gasteiger partial charge on any atom is 0.255 e. The monoisotopic (exact) mass is 292 g/mol. The third-order valence-electron chi connectivity index (χ3n) is 3.87. The van der Waals surface area contributed by atoms with Gasteiger partial charge in [0.1, 0.15) is 0 Å². The Kier molecular flexibility index (Phi) is 5.95. The highest BCUT2D eigenvalue weighted by Crippen LogP contribution is 2.08. The molecular weight excluding hydrogens is 268 g/mol. The summed E-state index contributed by atoms with van der Waals surface area (Å²) in [5, 5.41) is 0. The van der Waals surface area contributed by atoms with Crippen molar-refractivity contribution in [1.29, 1.82) is 0 Å². The lowest BCUT2D eigenvalue weighted by atomic mass is 10.2. The molecule has 2 rings (SSSR count). The predicted octanol–water partition coefficient (Wildman–Crippen LogP) is 0.262. The molecule has 1 aromatic heterocycles. The van der Waals surface area contributed by atoms with E-state index in [0.29, 0.717) is 5.56 Å². The molecule has 1 aromatic rings. The second kappa shape index (κ2) is 7.95. The Morgan fingerprint density at radius 1 is 1.14 bits per heavy atom. The van der Waals surface area contributed by atoms with Crippen LogP contribution in [0.4, 0.5) is 0 Å². The van der Waals surface area contributed by atoms with Gasteiger partial charge < -0.3 is 15.6 Å². The van der Waals surface area contributed by atoms with E-state index in [-0.39, 0.29) is 11.5 Å². The Bertz CT molecular complexity index is 486. The maximum atomic E-state index is 12.3. The summed E-state index contributed by atoms with van der Waals surface area (Å²) in [6, 6.07) is 2.97. The first-order valence-corrected chi connectivity index (χ1v) is 7.61. The number of hydrogen-bond donors (Lipinski definition) is 2. The zero-order valence-corrected chi connectivity index (χ0v) is 12.4. The number of aromatic amines is 1. The topological polar surface area (TPSA) is 82.4 Å². The zero-order chi connectivity index (χ0) is 15.1. The van der Waals surface area contributed by atoms with Gasteiger partial charge in [-0.15, -0.1) is 0 Å². The van der Waals surface area contributed by atoms with E-state index in [1.165, 1.54) is 25.1 Å². The van der Waals surface area contributed by atoms with Gasteiger partial charge >= 0.3 is 0 Å². The minimum absolute atomic E-state index is 0.00553. The molecule has 21 heavy (non-hydrogen) atoms. The second-order valence-corrected chi connectivity index (χ2v) is 5.42. The lowest BCUT2D eigenvalue weighted by Gasteiger charge is -2.34. The third kappa shape index (κ3) is 4.68. The van der Waals surface area contributed by atoms with Crippen molar-refractivity contribution in [3.8, 4) is 0 Å². The summed E-state index contributed by atoms with van der Waals surface area (Å²) in [7, 11) is 0. The molecule has 0 unspecified atom stereocenters. The van der Waals surface area contributed by atoms with Crippen molar-refractivity contribution < 1.29 is 4.79 Å². The summed E-state index contributed by atoms with van der Waals surface area (Å²) in [4.78, 5) is 30.1. The molecular formula is C15H24N4O2. The number of nitrogens with zero attached hydrogens (tertiary/aromatic N) is 2. The first-order chi connectivity index (χ1) is 10.2. The molecule has 0 radical (unpaired) electrons. The minimum Gasteiger partial charge on any atom is -0.336 e. The molecule has 0 bridgehead atoms. The molecule has 0 aliphatic carbocycles. The molecule has 0 saturated carbocycles. The van der Waals surface area contributed by atoms with E-state index in [0.717, 1.165) is 45.7 Å². The molecule has 2 heterocycles. The van der Waals surface area contributed by atoms with Crippen molar-refractivity contribution in [3.05, 3.63) is 34.2 Å². The molecule has 0 atom stereocenters. The van der Waals surface area contributed by atoms with Crippen LogP contribution >= 0.6 is 0 Å². The standard InChI is InChI=1S/C15H24N4O2/c16-6-2-1-3-7-18-8-10-19(11-9-18)15(21)13-4-5-14(20)17-12-13/h4-5,12H,1-3,6-11,16H2,(H,17,20). The molecule has 1 aliphatic rings. The van der Waals surface area contributed by atoms with Crippen molar-refractivity contribution >= 4 is 5.91 Å². The number of hydrogen-bond acceptors (Lipinski definition) is 4. The van der Waals surface area contributed by atoms with E-state index in [2.05, 4.69) is 9.88 Å². The van der Waals surface area contributed by atoms with Gasteiger partial charge in [-0.1, -0.05) is 6.42 Å². The van der Waals surface area contributed by atoms with Gasteiger partial charge in [-0.25, -0.2) is 0 Å². The molecule has 3 N–H and O–H groups in total. The van der Waals surface area contributed by atoms with E-state index in [4.69, 9.17) is 5.73 Å². The van der Waals surface area contributed by atoms with E-state index in [1.54, 1.807) is 6.07 Å². The Hall–Kier alpha value is -1.66. The third-order valence-corrected chi connectivity index (χ3v) is 3.87. The van der Waals surface area contributed by atoms with Crippen LogP contribution in [-0.2, 0) is 0 Å². The van der Waals surface area contributed by atoms with Crippen LogP contribution in [0.5, 0.6) is 0 Å². The number of nitrogens with two attached hydrogens (primary N) is 1. The fraction of sp³-hybridized carbons (Fsp3) is 0.600. The van der Waals surface area contributed by atoms with E-state index in [1.807, 2.05) is 4.90 Å². The highest BCUT2D eigenvalue weighted by Gasteiger charge is 2.21. The highest BCUT2D eigenvalue weighted by atomic mass is 16.2. The smallest absolute Gasteiger partial charge is 0.255 e. The SMILES string of the molecule is NCCCCCN1CCN(C(=O)c2ccc(=O)[nH]c2)CC1. The molecule has 1 aliphatic heterocycles. The largest absolute Gasteiger partial charge is 0.336 e. The first-order valence-electron chi connectivity index (χ1n) is 7.61. The summed E-state index contributed by atoms with van der Waals surface area (Å²) in [6.07, 6.45) is 4.92. The number of amides is 1. The molecule has 0 spiro atoms. The van der Waals surface area contributed by atoms with E-state index >= 15 is 0 Å². The zero-order valence-electron chi connectivity index (χ0n) is 12.4. The average Bonchev–Trinajstić information content (AvgIpc) is 2.52. The van der Waals surface area contributed by atoms with Crippen LogP contribution in [0.3, 0.4) is 0 Å². The van der Waals surface area contributed by atoms with Crippen molar-refractivity contribution in [3.63, 3.8) is 0 Å². The quantitative estimate of drug-likeness (QED) is 0.737. The van der Waals surface area contributed by atoms with Crippen molar-refractivity contribution in [2.24, 2.45) is 5.73 Å². The normalized spacial score (nSPS) is 16.1. The molecule has 1 fully saturated rings. The number of rotatable bonds is 6. The molecule has 1 saturated heterocycles. The van der Waals surface area contributed by atoms with Gasteiger partial charge in [0.15, 0.2) is 0 Å². The number of nitrogens with one attached hydrogen (secondary N) is 1. The van der Waals surface area contributed by atoms with Gasteiger partial charge in [-0.3, -0.25) is 14.5 Å². The Morgan fingerprint density at radius 2 is 1.90 bits per heavy atom. The second-order valence-electron chi connectivity index (χ2n) is 5.42. The van der Waals surface area contributed by atoms with Gasteiger partial charge in [0, 0.05) is 38.4 Å². The molecule has 1 amide bonds. The molecule has 116 valence electrons. The van der Waals surface area contributed by atoms with E-state index in [9.17, 15) is 9.59 Å². The predicted molar refractivity (Wildman–Crippen MR) is 82.3 cm³/mol. The van der Waals surface area contributed by atoms with Gasteiger partial charge in [-0.05, 0) is 32.0 Å². The number of unbranched alkanes of at least 4 members (excludes halogenated alkanes) is 2. The summed E-state index contributed by atoms with van der Waals surface area (Å²) in [5.74, 6) is -0.00553. The van der Waals surface area contributed by atoms with Crippen molar-refractivity contribution in [2.45, 2.75) is 19.3 Å². The lowest BCUT2D eigenvalue weighted by molar-refractivity contribution is 0.0635. The summed E-state index contributed by atoms with van der Waals surface area (Å²) in [6.45, 7) is 5.17. The van der Waals surface area contributed by atoms with Crippen LogP contribution < -0.4 is 11.3 Å². The number of pyridine rings is 1. The number of piperazine rings is 1. The fourth-order valence-electron chi connectivity index (χ4n) is 2.56. The molecule has 0 aromatic carbocycles. The first kappa shape index (κ1) is 15.7. The summed E-state index contributed by atoms with van der Waals surface area (Å²) < 4.78 is 0. The fourth-order valence-corrected chi connectivity index (χ4v) is 2.56. The van der Waals surface area contributed by atoms with Crippen LogP contribution in [0.1, 0.15) is 29.6 Å². The lowest BCUT2D eigenvalue weighted by Crippen LogP contribution is -2.48. The Morgan fingerprint density at radius 3 is 2.52 bits per heavy atom. The Labute approximate surface area is 124 Å². The number of carbonyl (C=O) groups is 1. The maximum absolute atomic E-state index is 12.3. The number of carbonyl (C=O) groups excluding carboxylic acids is 1. The van der Waals surface area contributed by atoms with Crippen LogP contribution in [0.2, 0.25) is 0 Å². The van der Waals surface area contributed by atoms with Crippen LogP contribution in [0.15, 0.2) is 23.1 Å². The number of aromatic nitrogens is 1. The van der Waals surface area contributed by atoms with Gasteiger partial charge in [0.25, 0.3) is 5.91 Å². The van der Waals surface area contributed by atoms with Crippen molar-refractivity contribution in [1.82, 2.24) is 14.8 Å². The Balaban J connectivity index is 1.76. The summed E-state index contributed by atoms with van der Waals surface area (Å²) in [5.41, 5.74) is 5.84. The van der Waals surface area contributed by atoms with Crippen molar-refractivity contribution in [2.75, 3.05) is 39.3 Å². The number of H-pyrrole nitrogens is 1.